The van der Waals surface area contributed by atoms with Gasteiger partial charge in [-0.2, -0.15) is 4.98 Å². The maximum atomic E-state index is 13.1. The van der Waals surface area contributed by atoms with Crippen molar-refractivity contribution in [3.8, 4) is 11.5 Å². The van der Waals surface area contributed by atoms with Crippen LogP contribution in [0.1, 0.15) is 51.3 Å². The zero-order valence-electron chi connectivity index (χ0n) is 12.4. The molecule has 2 N–H and O–H groups in total. The molecule has 1 heterocycles. The third kappa shape index (κ3) is 2.91. The summed E-state index contributed by atoms with van der Waals surface area (Å²) in [6.07, 6.45) is 4.48. The first-order valence-electron chi connectivity index (χ1n) is 7.34. The van der Waals surface area contributed by atoms with Crippen molar-refractivity contribution >= 4 is 5.69 Å². The van der Waals surface area contributed by atoms with E-state index in [-0.39, 0.29) is 5.82 Å². The van der Waals surface area contributed by atoms with Crippen LogP contribution >= 0.6 is 0 Å². The van der Waals surface area contributed by atoms with E-state index in [0.29, 0.717) is 28.5 Å². The Morgan fingerprint density at radius 1 is 1.29 bits per heavy atom. The fraction of sp³-hybridized carbons (Fsp3) is 0.500. The van der Waals surface area contributed by atoms with Crippen molar-refractivity contribution in [2.24, 2.45) is 5.41 Å². The number of rotatable bonds is 2. The summed E-state index contributed by atoms with van der Waals surface area (Å²) >= 11 is 0. The first-order chi connectivity index (χ1) is 9.94. The molecule has 0 aliphatic heterocycles. The van der Waals surface area contributed by atoms with E-state index < -0.39 is 0 Å². The van der Waals surface area contributed by atoms with Crippen molar-refractivity contribution in [1.82, 2.24) is 10.1 Å². The topological polar surface area (TPSA) is 64.9 Å². The summed E-state index contributed by atoms with van der Waals surface area (Å²) in [5.74, 6) is 1.08. The number of benzene rings is 1. The Hall–Kier alpha value is -1.91. The van der Waals surface area contributed by atoms with Gasteiger partial charge in [-0.3, -0.25) is 0 Å². The molecule has 4 nitrogen and oxygen atoms in total. The van der Waals surface area contributed by atoms with Crippen LogP contribution in [-0.2, 0) is 0 Å². The van der Waals surface area contributed by atoms with E-state index in [0.717, 1.165) is 18.7 Å². The van der Waals surface area contributed by atoms with E-state index in [9.17, 15) is 4.39 Å². The van der Waals surface area contributed by atoms with Crippen molar-refractivity contribution in [2.45, 2.75) is 45.4 Å². The number of nitrogens with two attached hydrogens (primary N) is 1. The lowest BCUT2D eigenvalue weighted by Crippen LogP contribution is -2.20. The molecular formula is C16H20FN3O. The molecule has 0 atom stereocenters. The van der Waals surface area contributed by atoms with E-state index in [2.05, 4.69) is 24.0 Å². The van der Waals surface area contributed by atoms with Crippen molar-refractivity contribution in [3.63, 3.8) is 0 Å². The summed E-state index contributed by atoms with van der Waals surface area (Å²) in [7, 11) is 0. The standard InChI is InChI=1S/C16H20FN3O/c1-16(2)7-5-10(6-8-16)14-19-15(21-20-14)12-4-3-11(17)9-13(12)18/h3-4,9-10H,5-8,18H2,1-2H3. The van der Waals surface area contributed by atoms with Gasteiger partial charge in [0.05, 0.1) is 5.56 Å². The van der Waals surface area contributed by atoms with Crippen LogP contribution in [-0.4, -0.2) is 10.1 Å². The molecule has 21 heavy (non-hydrogen) atoms. The fourth-order valence-electron chi connectivity index (χ4n) is 2.90. The van der Waals surface area contributed by atoms with Crippen LogP contribution in [0.2, 0.25) is 0 Å². The number of nitrogens with zero attached hydrogens (tertiary/aromatic N) is 2. The highest BCUT2D eigenvalue weighted by atomic mass is 19.1. The van der Waals surface area contributed by atoms with Crippen LogP contribution in [0.25, 0.3) is 11.5 Å². The van der Waals surface area contributed by atoms with E-state index in [4.69, 9.17) is 10.3 Å². The molecule has 0 radical (unpaired) electrons. The smallest absolute Gasteiger partial charge is 0.260 e. The van der Waals surface area contributed by atoms with Gasteiger partial charge in [0.2, 0.25) is 0 Å². The predicted octanol–water partition coefficient (Wildman–Crippen LogP) is 4.14. The van der Waals surface area contributed by atoms with Crippen LogP contribution in [0.4, 0.5) is 10.1 Å². The average Bonchev–Trinajstić information content (AvgIpc) is 2.88. The minimum Gasteiger partial charge on any atom is -0.398 e. The van der Waals surface area contributed by atoms with Crippen LogP contribution in [0.15, 0.2) is 22.7 Å². The number of nitrogen functional groups attached to an aromatic ring is 1. The van der Waals surface area contributed by atoms with Gasteiger partial charge < -0.3 is 10.3 Å². The summed E-state index contributed by atoms with van der Waals surface area (Å²) in [6, 6.07) is 4.19. The third-order valence-electron chi connectivity index (χ3n) is 4.39. The Morgan fingerprint density at radius 3 is 2.67 bits per heavy atom. The Kier molecular flexibility index (Phi) is 3.43. The number of halogens is 1. The lowest BCUT2D eigenvalue weighted by Gasteiger charge is -2.32. The van der Waals surface area contributed by atoms with Crippen LogP contribution in [0, 0.1) is 11.2 Å². The van der Waals surface area contributed by atoms with Crippen LogP contribution < -0.4 is 5.73 Å². The van der Waals surface area contributed by atoms with Gasteiger partial charge in [-0.05, 0) is 49.3 Å². The molecule has 1 saturated carbocycles. The average molecular weight is 289 g/mol. The Labute approximate surface area is 123 Å². The van der Waals surface area contributed by atoms with Gasteiger partial charge in [0.15, 0.2) is 5.82 Å². The van der Waals surface area contributed by atoms with Crippen molar-refractivity contribution in [3.05, 3.63) is 29.8 Å². The molecular weight excluding hydrogens is 269 g/mol. The van der Waals surface area contributed by atoms with Crippen LogP contribution in [0.3, 0.4) is 0 Å². The van der Waals surface area contributed by atoms with Gasteiger partial charge in [0.25, 0.3) is 5.89 Å². The van der Waals surface area contributed by atoms with E-state index in [1.807, 2.05) is 0 Å². The monoisotopic (exact) mass is 289 g/mol. The molecule has 3 rings (SSSR count). The summed E-state index contributed by atoms with van der Waals surface area (Å²) in [5.41, 5.74) is 7.12. The van der Waals surface area contributed by atoms with Gasteiger partial charge in [-0.15, -0.1) is 0 Å². The summed E-state index contributed by atoms with van der Waals surface area (Å²) < 4.78 is 18.4. The Balaban J connectivity index is 1.81. The second-order valence-electron chi connectivity index (χ2n) is 6.63. The highest BCUT2D eigenvalue weighted by Gasteiger charge is 2.30. The molecule has 1 aromatic heterocycles. The lowest BCUT2D eigenvalue weighted by atomic mass is 9.73. The SMILES string of the molecule is CC1(C)CCC(c2noc(-c3ccc(F)cc3N)n2)CC1. The van der Waals surface area contributed by atoms with Crippen molar-refractivity contribution in [2.75, 3.05) is 5.73 Å². The summed E-state index contributed by atoms with van der Waals surface area (Å²) in [5, 5.41) is 4.09. The zero-order chi connectivity index (χ0) is 15.0. The molecule has 1 aromatic carbocycles. The van der Waals surface area contributed by atoms with E-state index in [1.165, 1.54) is 25.0 Å². The van der Waals surface area contributed by atoms with Crippen LogP contribution in [0.5, 0.6) is 0 Å². The fourth-order valence-corrected chi connectivity index (χ4v) is 2.90. The Morgan fingerprint density at radius 2 is 2.00 bits per heavy atom. The highest BCUT2D eigenvalue weighted by Crippen LogP contribution is 2.42. The maximum Gasteiger partial charge on any atom is 0.260 e. The van der Waals surface area contributed by atoms with Crippen molar-refractivity contribution in [1.29, 1.82) is 0 Å². The first kappa shape index (κ1) is 14.0. The molecule has 1 aliphatic rings. The third-order valence-corrected chi connectivity index (χ3v) is 4.39. The second-order valence-corrected chi connectivity index (χ2v) is 6.63. The van der Waals surface area contributed by atoms with Gasteiger partial charge in [0.1, 0.15) is 5.82 Å². The summed E-state index contributed by atoms with van der Waals surface area (Å²) in [4.78, 5) is 4.46. The highest BCUT2D eigenvalue weighted by molar-refractivity contribution is 5.70. The van der Waals surface area contributed by atoms with E-state index in [1.54, 1.807) is 6.07 Å². The van der Waals surface area contributed by atoms with Gasteiger partial charge in [-0.25, -0.2) is 4.39 Å². The van der Waals surface area contributed by atoms with E-state index >= 15 is 0 Å². The largest absolute Gasteiger partial charge is 0.398 e. The summed E-state index contributed by atoms with van der Waals surface area (Å²) in [6.45, 7) is 4.59. The predicted molar refractivity (Wildman–Crippen MR) is 79.1 cm³/mol. The second kappa shape index (κ2) is 5.13. The molecule has 112 valence electrons. The van der Waals surface area contributed by atoms with Gasteiger partial charge >= 0.3 is 0 Å². The number of anilines is 1. The van der Waals surface area contributed by atoms with Crippen molar-refractivity contribution < 1.29 is 8.91 Å². The van der Waals surface area contributed by atoms with Gasteiger partial charge in [0, 0.05) is 11.6 Å². The molecule has 0 bridgehead atoms. The Bertz CT molecular complexity index is 641. The van der Waals surface area contributed by atoms with Gasteiger partial charge in [-0.1, -0.05) is 19.0 Å². The molecule has 0 unspecified atom stereocenters. The molecule has 1 aliphatic carbocycles. The molecule has 5 heteroatoms. The number of hydrogen-bond acceptors (Lipinski definition) is 4. The number of hydrogen-bond donors (Lipinski definition) is 1. The normalized spacial score (nSPS) is 18.8. The molecule has 1 fully saturated rings. The number of aromatic nitrogens is 2. The lowest BCUT2D eigenvalue weighted by molar-refractivity contribution is 0.218. The molecule has 2 aromatic rings. The maximum absolute atomic E-state index is 13.1. The quantitative estimate of drug-likeness (QED) is 0.844. The minimum absolute atomic E-state index is 0.315. The molecule has 0 spiro atoms. The molecule has 0 amide bonds. The zero-order valence-corrected chi connectivity index (χ0v) is 12.4. The first-order valence-corrected chi connectivity index (χ1v) is 7.34. The molecule has 0 saturated heterocycles. The minimum atomic E-state index is -0.370.